The van der Waals surface area contributed by atoms with E-state index in [9.17, 15) is 0 Å². The lowest BCUT2D eigenvalue weighted by Gasteiger charge is -2.10. The van der Waals surface area contributed by atoms with Gasteiger partial charge >= 0.3 is 0 Å². The van der Waals surface area contributed by atoms with Gasteiger partial charge in [-0.25, -0.2) is 4.98 Å². The molecule has 0 saturated carbocycles. The number of unbranched alkanes of at least 4 members (excludes halogenated alkanes) is 1. The van der Waals surface area contributed by atoms with Crippen molar-refractivity contribution in [1.29, 1.82) is 5.26 Å². The molecule has 6 nitrogen and oxygen atoms in total. The molecule has 0 bridgehead atoms. The van der Waals surface area contributed by atoms with E-state index < -0.39 is 0 Å². The van der Waals surface area contributed by atoms with Crippen molar-refractivity contribution in [3.05, 3.63) is 41.6 Å². The smallest absolute Gasteiger partial charge is 0.229 e. The average Bonchev–Trinajstić information content (AvgIpc) is 2.65. The van der Waals surface area contributed by atoms with Gasteiger partial charge < -0.3 is 16.4 Å². The molecule has 1 aromatic carbocycles. The van der Waals surface area contributed by atoms with Gasteiger partial charge in [-0.2, -0.15) is 10.2 Å². The van der Waals surface area contributed by atoms with E-state index in [2.05, 4.69) is 45.4 Å². The minimum Gasteiger partial charge on any atom is -0.369 e. The molecular weight excluding hydrogens is 312 g/mol. The van der Waals surface area contributed by atoms with Crippen LogP contribution >= 0.6 is 0 Å². The first-order valence-corrected chi connectivity index (χ1v) is 8.34. The lowest BCUT2D eigenvalue weighted by molar-refractivity contribution is 0.870. The number of rotatable bonds is 7. The molecule has 1 aromatic heterocycles. The van der Waals surface area contributed by atoms with Gasteiger partial charge in [0.1, 0.15) is 5.82 Å². The van der Waals surface area contributed by atoms with Crippen molar-refractivity contribution in [2.75, 3.05) is 23.7 Å². The van der Waals surface area contributed by atoms with Crippen molar-refractivity contribution >= 4 is 17.5 Å². The molecule has 4 N–H and O–H groups in total. The Labute approximate surface area is 148 Å². The minimum atomic E-state index is 0.459. The first kappa shape index (κ1) is 18.3. The summed E-state index contributed by atoms with van der Waals surface area (Å²) in [7, 11) is 0. The first-order valence-electron chi connectivity index (χ1n) is 8.34. The molecule has 0 unspecified atom stereocenters. The molecule has 0 aliphatic carbocycles. The number of aromatic nitrogens is 2. The van der Waals surface area contributed by atoms with E-state index in [0.29, 0.717) is 23.9 Å². The lowest BCUT2D eigenvalue weighted by atomic mass is 10.2. The molecule has 0 radical (unpaired) electrons. The van der Waals surface area contributed by atoms with Crippen LogP contribution in [0.5, 0.6) is 0 Å². The highest BCUT2D eigenvalue weighted by molar-refractivity contribution is 5.60. The zero-order valence-corrected chi connectivity index (χ0v) is 14.3. The normalized spacial score (nSPS) is 9.64. The zero-order chi connectivity index (χ0) is 17.9. The SMILES string of the molecule is CCCNc1nc(Nc2cccc(C#N)c2)ncc1C#CCCCN. The molecule has 0 aliphatic rings. The monoisotopic (exact) mass is 334 g/mol. The third kappa shape index (κ3) is 5.80. The maximum absolute atomic E-state index is 8.98. The fourth-order valence-corrected chi connectivity index (χ4v) is 2.06. The van der Waals surface area contributed by atoms with Crippen LogP contribution in [0.25, 0.3) is 0 Å². The van der Waals surface area contributed by atoms with Crippen molar-refractivity contribution in [2.45, 2.75) is 26.2 Å². The van der Waals surface area contributed by atoms with Crippen LogP contribution in [0.15, 0.2) is 30.5 Å². The number of anilines is 3. The lowest BCUT2D eigenvalue weighted by Crippen LogP contribution is -2.07. The minimum absolute atomic E-state index is 0.459. The van der Waals surface area contributed by atoms with Gasteiger partial charge in [-0.3, -0.25) is 0 Å². The molecule has 0 fully saturated rings. The van der Waals surface area contributed by atoms with Gasteiger partial charge in [0.25, 0.3) is 0 Å². The van der Waals surface area contributed by atoms with Gasteiger partial charge in [0.2, 0.25) is 5.95 Å². The van der Waals surface area contributed by atoms with Crippen LogP contribution in [0, 0.1) is 23.2 Å². The molecule has 0 aliphatic heterocycles. The molecule has 2 rings (SSSR count). The fraction of sp³-hybridized carbons (Fsp3) is 0.316. The fourth-order valence-electron chi connectivity index (χ4n) is 2.06. The van der Waals surface area contributed by atoms with Crippen LogP contribution < -0.4 is 16.4 Å². The molecule has 128 valence electrons. The number of nitrogens with two attached hydrogens (primary N) is 1. The van der Waals surface area contributed by atoms with Crippen molar-refractivity contribution in [3.63, 3.8) is 0 Å². The second-order valence-electron chi connectivity index (χ2n) is 5.39. The second-order valence-corrected chi connectivity index (χ2v) is 5.39. The van der Waals surface area contributed by atoms with E-state index in [-0.39, 0.29) is 0 Å². The van der Waals surface area contributed by atoms with Crippen LogP contribution in [-0.2, 0) is 0 Å². The van der Waals surface area contributed by atoms with Gasteiger partial charge in [0, 0.05) is 18.7 Å². The highest BCUT2D eigenvalue weighted by Crippen LogP contribution is 2.18. The summed E-state index contributed by atoms with van der Waals surface area (Å²) in [6.07, 6.45) is 4.32. The molecule has 0 spiro atoms. The Morgan fingerprint density at radius 1 is 1.32 bits per heavy atom. The number of benzene rings is 1. The number of hydrogen-bond acceptors (Lipinski definition) is 6. The van der Waals surface area contributed by atoms with Crippen LogP contribution in [0.3, 0.4) is 0 Å². The van der Waals surface area contributed by atoms with Crippen LogP contribution in [-0.4, -0.2) is 23.1 Å². The summed E-state index contributed by atoms with van der Waals surface area (Å²) in [4.78, 5) is 8.84. The summed E-state index contributed by atoms with van der Waals surface area (Å²) < 4.78 is 0. The second kappa shape index (κ2) is 9.92. The summed E-state index contributed by atoms with van der Waals surface area (Å²) in [5, 5.41) is 15.4. The van der Waals surface area contributed by atoms with Crippen molar-refractivity contribution in [1.82, 2.24) is 9.97 Å². The standard InChI is InChI=1S/C19H22N6/c1-2-11-22-18-16(8-4-3-5-10-20)14-23-19(25-18)24-17-9-6-7-15(12-17)13-21/h6-7,9,12,14H,2-3,5,10-11,20H2,1H3,(H2,22,23,24,25). The van der Waals surface area contributed by atoms with E-state index in [1.165, 1.54) is 0 Å². The molecule has 1 heterocycles. The molecule has 0 amide bonds. The van der Waals surface area contributed by atoms with E-state index in [1.807, 2.05) is 12.1 Å². The highest BCUT2D eigenvalue weighted by atomic mass is 15.1. The van der Waals surface area contributed by atoms with Gasteiger partial charge in [-0.1, -0.05) is 24.8 Å². The van der Waals surface area contributed by atoms with Gasteiger partial charge in [0.05, 0.1) is 23.4 Å². The van der Waals surface area contributed by atoms with E-state index in [0.717, 1.165) is 37.1 Å². The molecule has 2 aromatic rings. The third-order valence-electron chi connectivity index (χ3n) is 3.31. The van der Waals surface area contributed by atoms with E-state index in [1.54, 1.807) is 18.3 Å². The van der Waals surface area contributed by atoms with Gasteiger partial charge in [-0.05, 0) is 37.6 Å². The van der Waals surface area contributed by atoms with Crippen molar-refractivity contribution in [3.8, 4) is 17.9 Å². The number of nitrogens with one attached hydrogen (secondary N) is 2. The largest absolute Gasteiger partial charge is 0.369 e. The summed E-state index contributed by atoms with van der Waals surface area (Å²) in [5.74, 6) is 7.36. The quantitative estimate of drug-likeness (QED) is 0.532. The molecular formula is C19H22N6. The predicted octanol–water partition coefficient (Wildman–Crippen LogP) is 3.00. The Kier molecular flexibility index (Phi) is 7.24. The van der Waals surface area contributed by atoms with E-state index in [4.69, 9.17) is 11.0 Å². The maximum Gasteiger partial charge on any atom is 0.229 e. The number of nitriles is 1. The van der Waals surface area contributed by atoms with Crippen LogP contribution in [0.2, 0.25) is 0 Å². The van der Waals surface area contributed by atoms with Crippen LogP contribution in [0.1, 0.15) is 37.3 Å². The third-order valence-corrected chi connectivity index (χ3v) is 3.31. The maximum atomic E-state index is 8.98. The Bertz CT molecular complexity index is 798. The number of hydrogen-bond donors (Lipinski definition) is 3. The summed E-state index contributed by atoms with van der Waals surface area (Å²) in [6, 6.07) is 9.30. The summed E-state index contributed by atoms with van der Waals surface area (Å²) in [5.41, 5.74) is 7.60. The van der Waals surface area contributed by atoms with Crippen molar-refractivity contribution < 1.29 is 0 Å². The Morgan fingerprint density at radius 2 is 2.20 bits per heavy atom. The molecule has 0 saturated heterocycles. The topological polar surface area (TPSA) is 99.6 Å². The molecule has 25 heavy (non-hydrogen) atoms. The van der Waals surface area contributed by atoms with Gasteiger partial charge in [0.15, 0.2) is 0 Å². The summed E-state index contributed by atoms with van der Waals surface area (Å²) >= 11 is 0. The van der Waals surface area contributed by atoms with E-state index >= 15 is 0 Å². The van der Waals surface area contributed by atoms with Crippen LogP contribution in [0.4, 0.5) is 17.5 Å². The zero-order valence-electron chi connectivity index (χ0n) is 14.3. The van der Waals surface area contributed by atoms with Crippen molar-refractivity contribution in [2.24, 2.45) is 5.73 Å². The Hall–Kier alpha value is -3.09. The molecule has 6 heteroatoms. The predicted molar refractivity (Wildman–Crippen MR) is 100 cm³/mol. The highest BCUT2D eigenvalue weighted by Gasteiger charge is 2.06. The summed E-state index contributed by atoms with van der Waals surface area (Å²) in [6.45, 7) is 3.53. The van der Waals surface area contributed by atoms with Gasteiger partial charge in [-0.15, -0.1) is 0 Å². The molecule has 0 atom stereocenters. The average molecular weight is 334 g/mol. The first-order chi connectivity index (χ1) is 12.3. The Balaban J connectivity index is 2.21. The Morgan fingerprint density at radius 3 is 2.96 bits per heavy atom. The number of nitrogens with zero attached hydrogens (tertiary/aromatic N) is 3.